The van der Waals surface area contributed by atoms with Crippen molar-refractivity contribution in [3.05, 3.63) is 24.3 Å². The second kappa shape index (κ2) is 9.40. The van der Waals surface area contributed by atoms with Gasteiger partial charge in [-0.3, -0.25) is 0 Å². The molecule has 1 aromatic rings. The van der Waals surface area contributed by atoms with Crippen LogP contribution < -0.4 is 15.5 Å². The van der Waals surface area contributed by atoms with Crippen LogP contribution >= 0.6 is 0 Å². The number of anilines is 2. The molecule has 0 fully saturated rings. The lowest BCUT2D eigenvalue weighted by molar-refractivity contribution is 0.204. The Kier molecular flexibility index (Phi) is 7.89. The minimum absolute atomic E-state index is 0.113. The van der Waals surface area contributed by atoms with E-state index in [0.29, 0.717) is 13.0 Å². The van der Waals surface area contributed by atoms with Gasteiger partial charge in [0.2, 0.25) is 0 Å². The van der Waals surface area contributed by atoms with Gasteiger partial charge in [-0.2, -0.15) is 0 Å². The first-order valence-electron chi connectivity index (χ1n) is 8.35. The third kappa shape index (κ3) is 7.37. The van der Waals surface area contributed by atoms with Crippen LogP contribution in [0.4, 0.5) is 16.2 Å². The number of amides is 2. The van der Waals surface area contributed by atoms with Crippen molar-refractivity contribution in [3.8, 4) is 0 Å². The number of nitrogens with zero attached hydrogens (tertiary/aromatic N) is 1. The fourth-order valence-electron chi connectivity index (χ4n) is 2.21. The minimum atomic E-state index is -0.219. The maximum Gasteiger partial charge on any atom is 0.319 e. The monoisotopic (exact) mass is 321 g/mol. The standard InChI is InChI=1S/C18H31N3O2/c1-5-6-12-21(4)16-9-7-15(8-10-16)20-17(23)19-14-18(2,3)11-13-22/h7-10,22H,5-6,11-14H2,1-4H3,(H2,19,20,23). The van der Waals surface area contributed by atoms with Crippen LogP contribution in [0.15, 0.2) is 24.3 Å². The number of carbonyl (C=O) groups excluding carboxylic acids is 1. The van der Waals surface area contributed by atoms with Crippen LogP contribution in [0.3, 0.4) is 0 Å². The summed E-state index contributed by atoms with van der Waals surface area (Å²) in [5.74, 6) is 0. The van der Waals surface area contributed by atoms with E-state index in [-0.39, 0.29) is 18.1 Å². The Morgan fingerprint density at radius 3 is 2.48 bits per heavy atom. The number of hydrogen-bond donors (Lipinski definition) is 3. The largest absolute Gasteiger partial charge is 0.396 e. The van der Waals surface area contributed by atoms with Gasteiger partial charge in [0.25, 0.3) is 0 Å². The molecule has 23 heavy (non-hydrogen) atoms. The summed E-state index contributed by atoms with van der Waals surface area (Å²) in [6.07, 6.45) is 3.01. The molecule has 0 aromatic heterocycles. The second-order valence-electron chi connectivity index (χ2n) is 6.77. The molecule has 0 atom stereocenters. The number of rotatable bonds is 9. The van der Waals surface area contributed by atoms with Gasteiger partial charge in [0.05, 0.1) is 0 Å². The summed E-state index contributed by atoms with van der Waals surface area (Å²) >= 11 is 0. The van der Waals surface area contributed by atoms with Crippen LogP contribution in [-0.2, 0) is 0 Å². The van der Waals surface area contributed by atoms with Crippen molar-refractivity contribution in [2.45, 2.75) is 40.0 Å². The summed E-state index contributed by atoms with van der Waals surface area (Å²) in [5.41, 5.74) is 1.81. The lowest BCUT2D eigenvalue weighted by Gasteiger charge is -2.24. The molecule has 5 heteroatoms. The van der Waals surface area contributed by atoms with E-state index < -0.39 is 0 Å². The number of carbonyl (C=O) groups is 1. The number of hydrogen-bond acceptors (Lipinski definition) is 3. The third-order valence-corrected chi connectivity index (χ3v) is 3.93. The van der Waals surface area contributed by atoms with Gasteiger partial charge in [0.1, 0.15) is 0 Å². The minimum Gasteiger partial charge on any atom is -0.396 e. The van der Waals surface area contributed by atoms with Crippen molar-refractivity contribution in [2.24, 2.45) is 5.41 Å². The molecule has 130 valence electrons. The third-order valence-electron chi connectivity index (χ3n) is 3.93. The van der Waals surface area contributed by atoms with Crippen LogP contribution in [0.5, 0.6) is 0 Å². The van der Waals surface area contributed by atoms with Crippen LogP contribution in [0, 0.1) is 5.41 Å². The second-order valence-corrected chi connectivity index (χ2v) is 6.77. The highest BCUT2D eigenvalue weighted by molar-refractivity contribution is 5.89. The zero-order valence-corrected chi connectivity index (χ0v) is 14.9. The van der Waals surface area contributed by atoms with Gasteiger partial charge in [0, 0.05) is 38.1 Å². The summed E-state index contributed by atoms with van der Waals surface area (Å²) < 4.78 is 0. The molecule has 5 nitrogen and oxygen atoms in total. The summed E-state index contributed by atoms with van der Waals surface area (Å²) in [4.78, 5) is 14.1. The van der Waals surface area contributed by atoms with E-state index in [1.54, 1.807) is 0 Å². The van der Waals surface area contributed by atoms with Crippen molar-refractivity contribution in [1.82, 2.24) is 5.32 Å². The van der Waals surface area contributed by atoms with E-state index in [2.05, 4.69) is 29.5 Å². The van der Waals surface area contributed by atoms with E-state index in [0.717, 1.165) is 17.9 Å². The van der Waals surface area contributed by atoms with Crippen LogP contribution in [0.25, 0.3) is 0 Å². The van der Waals surface area contributed by atoms with Gasteiger partial charge < -0.3 is 20.6 Å². The van der Waals surface area contributed by atoms with Crippen molar-refractivity contribution in [2.75, 3.05) is 37.0 Å². The molecule has 3 N–H and O–H groups in total. The van der Waals surface area contributed by atoms with Gasteiger partial charge in [0.15, 0.2) is 0 Å². The summed E-state index contributed by atoms with van der Waals surface area (Å²) in [5, 5.41) is 14.7. The van der Waals surface area contributed by atoms with Crippen molar-refractivity contribution in [3.63, 3.8) is 0 Å². The highest BCUT2D eigenvalue weighted by Gasteiger charge is 2.18. The molecule has 0 bridgehead atoms. The van der Waals surface area contributed by atoms with Gasteiger partial charge in [-0.05, 0) is 42.5 Å². The molecule has 0 unspecified atom stereocenters. The number of nitrogens with one attached hydrogen (secondary N) is 2. The molecule has 0 aliphatic heterocycles. The van der Waals surface area contributed by atoms with E-state index in [1.165, 1.54) is 12.8 Å². The molecule has 0 spiro atoms. The Hall–Kier alpha value is -1.75. The Morgan fingerprint density at radius 1 is 1.26 bits per heavy atom. The topological polar surface area (TPSA) is 64.6 Å². The number of unbranched alkanes of at least 4 members (excludes halogenated alkanes) is 1. The zero-order valence-electron chi connectivity index (χ0n) is 14.9. The SMILES string of the molecule is CCCCN(C)c1ccc(NC(=O)NCC(C)(C)CCO)cc1. The predicted molar refractivity (Wildman–Crippen MR) is 97.1 cm³/mol. The van der Waals surface area contributed by atoms with Crippen LogP contribution in [-0.4, -0.2) is 37.9 Å². The zero-order chi connectivity index (χ0) is 17.3. The van der Waals surface area contributed by atoms with E-state index >= 15 is 0 Å². The first kappa shape index (κ1) is 19.3. The molecule has 0 heterocycles. The Labute approximate surface area is 140 Å². The molecule has 1 aromatic carbocycles. The summed E-state index contributed by atoms with van der Waals surface area (Å²) in [6.45, 7) is 7.90. The van der Waals surface area contributed by atoms with Crippen molar-refractivity contribution in [1.29, 1.82) is 0 Å². The van der Waals surface area contributed by atoms with Crippen LogP contribution in [0.1, 0.15) is 40.0 Å². The first-order valence-corrected chi connectivity index (χ1v) is 8.35. The normalized spacial score (nSPS) is 11.2. The quantitative estimate of drug-likeness (QED) is 0.652. The predicted octanol–water partition coefficient (Wildman–Crippen LogP) is 3.45. The lowest BCUT2D eigenvalue weighted by Crippen LogP contribution is -2.37. The maximum atomic E-state index is 11.9. The Balaban J connectivity index is 2.46. The number of aliphatic hydroxyl groups is 1. The first-order chi connectivity index (χ1) is 10.9. The highest BCUT2D eigenvalue weighted by atomic mass is 16.3. The van der Waals surface area contributed by atoms with E-state index in [4.69, 9.17) is 5.11 Å². The Bertz CT molecular complexity index is 472. The van der Waals surface area contributed by atoms with E-state index in [9.17, 15) is 4.79 Å². The molecule has 0 aliphatic carbocycles. The van der Waals surface area contributed by atoms with Gasteiger partial charge in [-0.1, -0.05) is 27.2 Å². The molecule has 0 saturated heterocycles. The number of aliphatic hydroxyl groups excluding tert-OH is 1. The summed E-state index contributed by atoms with van der Waals surface area (Å²) in [6, 6.07) is 7.64. The molecular weight excluding hydrogens is 290 g/mol. The fourth-order valence-corrected chi connectivity index (χ4v) is 2.21. The molecule has 1 rings (SSSR count). The molecule has 0 aliphatic rings. The van der Waals surface area contributed by atoms with Crippen molar-refractivity contribution >= 4 is 17.4 Å². The van der Waals surface area contributed by atoms with Crippen LogP contribution in [0.2, 0.25) is 0 Å². The molecular formula is C18H31N3O2. The fraction of sp³-hybridized carbons (Fsp3) is 0.611. The number of benzene rings is 1. The average molecular weight is 321 g/mol. The lowest BCUT2D eigenvalue weighted by atomic mass is 9.90. The molecule has 0 radical (unpaired) electrons. The van der Waals surface area contributed by atoms with Gasteiger partial charge in [-0.25, -0.2) is 4.79 Å². The average Bonchev–Trinajstić information content (AvgIpc) is 2.51. The summed E-state index contributed by atoms with van der Waals surface area (Å²) in [7, 11) is 2.08. The highest BCUT2D eigenvalue weighted by Crippen LogP contribution is 2.19. The molecule has 0 saturated carbocycles. The molecule has 2 amide bonds. The Morgan fingerprint density at radius 2 is 1.91 bits per heavy atom. The number of urea groups is 1. The van der Waals surface area contributed by atoms with Gasteiger partial charge in [-0.15, -0.1) is 0 Å². The van der Waals surface area contributed by atoms with Crippen molar-refractivity contribution < 1.29 is 9.90 Å². The van der Waals surface area contributed by atoms with Gasteiger partial charge >= 0.3 is 6.03 Å². The maximum absolute atomic E-state index is 11.9. The smallest absolute Gasteiger partial charge is 0.319 e. The van der Waals surface area contributed by atoms with E-state index in [1.807, 2.05) is 38.1 Å².